The van der Waals surface area contributed by atoms with Crippen LogP contribution in [0.25, 0.3) is 0 Å². The molecule has 0 aromatic rings. The topological polar surface area (TPSA) is 143 Å². The maximum Gasteiger partial charge on any atom is 2.00 e. The number of hydrogen-bond acceptors (Lipinski definition) is 6. The molecule has 0 N–H and O–H groups in total. The Bertz CT molecular complexity index is 101. The summed E-state index contributed by atoms with van der Waals surface area (Å²) in [6, 6.07) is 0. The van der Waals surface area contributed by atoms with Gasteiger partial charge in [-0.2, -0.15) is 0 Å². The van der Waals surface area contributed by atoms with Crippen molar-refractivity contribution >= 4 is 97.8 Å². The summed E-state index contributed by atoms with van der Waals surface area (Å²) in [6.07, 6.45) is 0. The second-order valence-electron chi connectivity index (χ2n) is 0. The molecule has 9 heteroatoms. The van der Waals surface area contributed by atoms with Crippen LogP contribution < -0.4 is 0 Å². The second-order valence-corrected chi connectivity index (χ2v) is 0. The molecule has 0 saturated carbocycles. The Labute approximate surface area is 182 Å². The van der Waals surface area contributed by atoms with E-state index in [9.17, 15) is 0 Å². The smallest absolute Gasteiger partial charge is 0.512 e. The standard InChI is InChI=1S/6CN.2Ba.Fe/c6*1-2;;;/q6*-1;3*+2. The van der Waals surface area contributed by atoms with Gasteiger partial charge in [-0.3, -0.25) is 0 Å². The largest absolute Gasteiger partial charge is 2.00 e. The molecule has 0 amide bonds. The average Bonchev–Trinajstić information content (AvgIpc) is 2.33. The molecule has 15 heavy (non-hydrogen) atoms. The molecule has 0 rings (SSSR count). The molecule has 0 aliphatic carbocycles. The van der Waals surface area contributed by atoms with Gasteiger partial charge in [-0.05, 0) is 0 Å². The van der Waals surface area contributed by atoms with Crippen LogP contribution in [0.1, 0.15) is 0 Å². The maximum atomic E-state index is 6.25. The Hall–Kier alpha value is 0.602. The molecule has 0 fully saturated rings. The molecule has 6 nitrogen and oxygen atoms in total. The monoisotopic (exact) mass is 488 g/mol. The van der Waals surface area contributed by atoms with Gasteiger partial charge in [0.2, 0.25) is 0 Å². The average molecular weight is 487 g/mol. The van der Waals surface area contributed by atoms with Crippen LogP contribution in [0.3, 0.4) is 0 Å². The van der Waals surface area contributed by atoms with E-state index in [1.807, 2.05) is 0 Å². The van der Waals surface area contributed by atoms with Crippen molar-refractivity contribution in [2.45, 2.75) is 0 Å². The molecule has 0 heterocycles. The van der Waals surface area contributed by atoms with Crippen molar-refractivity contribution in [3.05, 3.63) is 39.4 Å². The zero-order chi connectivity index (χ0) is 12.0. The van der Waals surface area contributed by atoms with Crippen LogP contribution >= 0.6 is 0 Å². The minimum Gasteiger partial charge on any atom is -0.512 e. The first-order valence-corrected chi connectivity index (χ1v) is 1.34. The van der Waals surface area contributed by atoms with Crippen LogP contribution in [-0.4, -0.2) is 97.8 Å². The number of rotatable bonds is 0. The maximum absolute atomic E-state index is 6.25. The Balaban J connectivity index is -0.00000000396. The van der Waals surface area contributed by atoms with E-state index in [2.05, 4.69) is 0 Å². The van der Waals surface area contributed by atoms with Gasteiger partial charge in [0.25, 0.3) is 0 Å². The van der Waals surface area contributed by atoms with Crippen molar-refractivity contribution in [3.63, 3.8) is 0 Å². The van der Waals surface area contributed by atoms with E-state index >= 15 is 0 Å². The fourth-order valence-corrected chi connectivity index (χ4v) is 0. The fraction of sp³-hybridized carbons (Fsp3) is 0. The van der Waals surface area contributed by atoms with Crippen LogP contribution in [0, 0.1) is 71.0 Å². The van der Waals surface area contributed by atoms with E-state index in [0.29, 0.717) is 0 Å². The van der Waals surface area contributed by atoms with Crippen LogP contribution in [0.2, 0.25) is 0 Å². The Morgan fingerprint density at radius 2 is 0.333 bits per heavy atom. The molecule has 0 aliphatic rings. The van der Waals surface area contributed by atoms with Gasteiger partial charge < -0.3 is 71.0 Å². The first-order chi connectivity index (χ1) is 6.00. The normalized spacial score (nSPS) is 0.800. The molecule has 0 aromatic carbocycles. The van der Waals surface area contributed by atoms with Gasteiger partial charge in [-0.1, -0.05) is 0 Å². The summed E-state index contributed by atoms with van der Waals surface area (Å²) in [5, 5.41) is 37.5. The van der Waals surface area contributed by atoms with Crippen molar-refractivity contribution in [1.82, 2.24) is 0 Å². The van der Waals surface area contributed by atoms with Crippen molar-refractivity contribution in [2.75, 3.05) is 0 Å². The molecule has 0 spiro atoms. The molecule has 0 radical (unpaired) electrons. The molecular weight excluding hydrogens is 487 g/mol. The summed E-state index contributed by atoms with van der Waals surface area (Å²) >= 11 is 0. The van der Waals surface area contributed by atoms with Crippen LogP contribution in [0.15, 0.2) is 0 Å². The third-order valence-electron chi connectivity index (χ3n) is 0. The van der Waals surface area contributed by atoms with E-state index in [1.165, 1.54) is 0 Å². The molecule has 0 unspecified atom stereocenters. The molecule has 66 valence electrons. The summed E-state index contributed by atoms with van der Waals surface area (Å²) in [7, 11) is 0. The Kier molecular flexibility index (Phi) is 37900. The van der Waals surface area contributed by atoms with E-state index in [0.717, 1.165) is 0 Å². The molecule has 0 aromatic heterocycles. The Morgan fingerprint density at radius 3 is 0.333 bits per heavy atom. The number of nitrogens with zero attached hydrogens (tertiary/aromatic N) is 6. The quantitative estimate of drug-likeness (QED) is 0.343. The van der Waals surface area contributed by atoms with Crippen LogP contribution in [0.4, 0.5) is 0 Å². The molecule has 0 saturated heterocycles. The summed E-state index contributed by atoms with van der Waals surface area (Å²) in [6.45, 7) is 28.5. The van der Waals surface area contributed by atoms with Crippen molar-refractivity contribution in [2.24, 2.45) is 0 Å². The van der Waals surface area contributed by atoms with Crippen LogP contribution in [0.5, 0.6) is 0 Å². The third kappa shape index (κ3) is 6390. The van der Waals surface area contributed by atoms with Gasteiger partial charge in [0.1, 0.15) is 0 Å². The summed E-state index contributed by atoms with van der Waals surface area (Å²) < 4.78 is 0. The minimum atomic E-state index is 0. The first kappa shape index (κ1) is 76.3. The van der Waals surface area contributed by atoms with Gasteiger partial charge in [-0.25, -0.2) is 0 Å². The van der Waals surface area contributed by atoms with Crippen LogP contribution in [-0.2, 0) is 17.1 Å². The predicted octanol–water partition coefficient (Wildman–Crippen LogP) is -0.186. The summed E-state index contributed by atoms with van der Waals surface area (Å²) in [5.74, 6) is 0. The van der Waals surface area contributed by atoms with Gasteiger partial charge in [-0.15, -0.1) is 0 Å². The zero-order valence-corrected chi connectivity index (χ0v) is 17.4. The van der Waals surface area contributed by atoms with Gasteiger partial charge in [0, 0.05) is 0 Å². The summed E-state index contributed by atoms with van der Waals surface area (Å²) in [4.78, 5) is 0. The van der Waals surface area contributed by atoms with E-state index < -0.39 is 0 Å². The Morgan fingerprint density at radius 1 is 0.333 bits per heavy atom. The van der Waals surface area contributed by atoms with E-state index in [4.69, 9.17) is 71.0 Å². The summed E-state index contributed by atoms with van der Waals surface area (Å²) in [5.41, 5.74) is 0. The third-order valence-corrected chi connectivity index (χ3v) is 0. The molecule has 0 bridgehead atoms. The SMILES string of the molecule is [Ba+2].[Ba+2].[C-]#N.[C-]#N.[C-]#N.[C-]#N.[C-]#N.[C-]#N.[Fe+2]. The molecule has 0 atom stereocenters. The first-order valence-electron chi connectivity index (χ1n) is 1.34. The van der Waals surface area contributed by atoms with Gasteiger partial charge in [0.05, 0.1) is 0 Å². The van der Waals surface area contributed by atoms with Crippen molar-refractivity contribution < 1.29 is 17.1 Å². The zero-order valence-electron chi connectivity index (χ0n) is 7.45. The minimum absolute atomic E-state index is 0. The fourth-order valence-electron chi connectivity index (χ4n) is 0. The number of hydrogen-bond donors (Lipinski definition) is 0. The van der Waals surface area contributed by atoms with E-state index in [1.54, 1.807) is 0 Å². The molecule has 0 aliphatic heterocycles. The van der Waals surface area contributed by atoms with Gasteiger partial charge in [0.15, 0.2) is 0 Å². The van der Waals surface area contributed by atoms with Crippen molar-refractivity contribution in [1.29, 1.82) is 31.6 Å². The van der Waals surface area contributed by atoms with E-state index in [-0.39, 0.29) is 115 Å². The van der Waals surface area contributed by atoms with Crippen molar-refractivity contribution in [3.8, 4) is 0 Å². The second kappa shape index (κ2) is 7450. The molecular formula is C6Ba2FeN6. The van der Waals surface area contributed by atoms with Gasteiger partial charge >= 0.3 is 115 Å². The predicted molar refractivity (Wildman–Crippen MR) is 41.3 cm³/mol.